The van der Waals surface area contributed by atoms with E-state index in [-0.39, 0.29) is 12.3 Å². The Morgan fingerprint density at radius 2 is 1.80 bits per heavy atom. The highest BCUT2D eigenvalue weighted by molar-refractivity contribution is 6.31. The number of hydrogen-bond acceptors (Lipinski definition) is 4. The third-order valence-electron chi connectivity index (χ3n) is 5.64. The smallest absolute Gasteiger partial charge is 0.247 e. The first-order chi connectivity index (χ1) is 16.5. The summed E-state index contributed by atoms with van der Waals surface area (Å²) in [5.41, 5.74) is 1.56. The van der Waals surface area contributed by atoms with Crippen LogP contribution in [0, 0.1) is 0 Å². The summed E-state index contributed by atoms with van der Waals surface area (Å²) >= 11 is 12.3. The molecule has 3 unspecified atom stereocenters. The van der Waals surface area contributed by atoms with Crippen molar-refractivity contribution in [3.8, 4) is 0 Å². The van der Waals surface area contributed by atoms with Crippen LogP contribution in [0.1, 0.15) is 69.8 Å². The Labute approximate surface area is 215 Å². The number of rotatable bonds is 9. The van der Waals surface area contributed by atoms with Crippen LogP contribution in [0.25, 0.3) is 10.9 Å². The lowest BCUT2D eigenvalue weighted by Gasteiger charge is -2.35. The van der Waals surface area contributed by atoms with Gasteiger partial charge in [0.25, 0.3) is 0 Å². The number of carbonyl (C=O) groups is 2. The van der Waals surface area contributed by atoms with Gasteiger partial charge in [-0.1, -0.05) is 41.4 Å². The number of aromatic nitrogens is 1. The molecule has 2 aromatic carbocycles. The van der Waals surface area contributed by atoms with Crippen LogP contribution in [0.2, 0.25) is 10.0 Å². The van der Waals surface area contributed by atoms with Crippen LogP contribution in [0.5, 0.6) is 0 Å². The monoisotopic (exact) mass is 519 g/mol. The molecular weight excluding hydrogens is 489 g/mol. The average molecular weight is 520 g/mol. The van der Waals surface area contributed by atoms with Gasteiger partial charge in [-0.15, -0.1) is 0 Å². The molecule has 35 heavy (non-hydrogen) atoms. The van der Waals surface area contributed by atoms with Crippen LogP contribution in [0.4, 0.5) is 0 Å². The number of fused-ring (bicyclic) bond motifs is 1. The van der Waals surface area contributed by atoms with Gasteiger partial charge in [0.2, 0.25) is 12.3 Å². The third-order valence-corrected chi connectivity index (χ3v) is 6.13. The second kappa shape index (κ2) is 11.0. The number of amides is 2. The fraction of sp³-hybridized carbons (Fsp3) is 0.385. The predicted octanol–water partition coefficient (Wildman–Crippen LogP) is 5.68. The molecule has 3 atom stereocenters. The van der Waals surface area contributed by atoms with E-state index in [9.17, 15) is 14.7 Å². The molecule has 0 fully saturated rings. The Morgan fingerprint density at radius 3 is 2.37 bits per heavy atom. The number of hydrogen-bond donors (Lipinski definition) is 3. The first-order valence-electron chi connectivity index (χ1n) is 11.4. The van der Waals surface area contributed by atoms with Gasteiger partial charge in [0, 0.05) is 38.7 Å². The summed E-state index contributed by atoms with van der Waals surface area (Å²) in [5.74, 6) is -0.397. The van der Waals surface area contributed by atoms with Crippen LogP contribution < -0.4 is 5.32 Å². The summed E-state index contributed by atoms with van der Waals surface area (Å²) in [6.07, 6.45) is -0.692. The lowest BCUT2D eigenvalue weighted by Crippen LogP contribution is -2.48. The number of benzene rings is 2. The molecule has 0 spiro atoms. The SMILES string of the molecule is CCOC(O)c1[nH]c2cc(Cl)ccc2c1C(C(=O)NC(C)(C)C)N(C=O)C(C)c1ccc(Cl)cc1. The van der Waals surface area contributed by atoms with Crippen molar-refractivity contribution in [2.24, 2.45) is 0 Å². The first kappa shape index (κ1) is 27.0. The highest BCUT2D eigenvalue weighted by atomic mass is 35.5. The second-order valence-corrected chi connectivity index (χ2v) is 10.2. The number of halogens is 2. The summed E-state index contributed by atoms with van der Waals surface area (Å²) in [5, 5.41) is 15.5. The zero-order valence-electron chi connectivity index (χ0n) is 20.4. The molecule has 0 aliphatic heterocycles. The number of nitrogens with zero attached hydrogens (tertiary/aromatic N) is 1. The molecule has 3 N–H and O–H groups in total. The third kappa shape index (κ3) is 6.16. The molecular formula is C26H31Cl2N3O4. The largest absolute Gasteiger partial charge is 0.363 e. The molecule has 0 bridgehead atoms. The summed E-state index contributed by atoms with van der Waals surface area (Å²) in [4.78, 5) is 31.0. The molecule has 0 saturated carbocycles. The van der Waals surface area contributed by atoms with Gasteiger partial charge in [0.15, 0.2) is 6.29 Å². The standard InChI is InChI=1S/C26H31Cl2N3O4/c1-6-35-25(34)22-21(19-12-11-18(28)13-20(19)29-22)23(24(33)30-26(3,4)5)31(14-32)15(2)16-7-9-17(27)10-8-16/h7-15,23,25,29,34H,6H2,1-5H3,(H,30,33). The van der Waals surface area contributed by atoms with Gasteiger partial charge in [0.1, 0.15) is 6.04 Å². The molecule has 2 amide bonds. The Hall–Kier alpha value is -2.58. The maximum Gasteiger partial charge on any atom is 0.247 e. The second-order valence-electron chi connectivity index (χ2n) is 9.37. The average Bonchev–Trinajstić information content (AvgIpc) is 3.14. The summed E-state index contributed by atoms with van der Waals surface area (Å²) < 4.78 is 5.47. The minimum atomic E-state index is -1.34. The molecule has 1 aromatic heterocycles. The fourth-order valence-corrected chi connectivity index (χ4v) is 4.38. The maximum atomic E-state index is 13.8. The van der Waals surface area contributed by atoms with Crippen LogP contribution in [0.15, 0.2) is 42.5 Å². The molecule has 7 nitrogen and oxygen atoms in total. The molecule has 3 rings (SSSR count). The van der Waals surface area contributed by atoms with E-state index in [4.69, 9.17) is 27.9 Å². The Morgan fingerprint density at radius 1 is 1.17 bits per heavy atom. The van der Waals surface area contributed by atoms with Crippen LogP contribution >= 0.6 is 23.2 Å². The van der Waals surface area contributed by atoms with E-state index in [0.717, 1.165) is 5.56 Å². The Kier molecular flexibility index (Phi) is 8.49. The number of carbonyl (C=O) groups excluding carboxylic acids is 2. The van der Waals surface area contributed by atoms with Crippen molar-refractivity contribution >= 4 is 46.4 Å². The molecule has 188 valence electrons. The summed E-state index contributed by atoms with van der Waals surface area (Å²) in [6.45, 7) is 9.42. The molecule has 0 aliphatic rings. The van der Waals surface area contributed by atoms with Crippen molar-refractivity contribution in [1.29, 1.82) is 0 Å². The van der Waals surface area contributed by atoms with Crippen molar-refractivity contribution in [3.63, 3.8) is 0 Å². The summed E-state index contributed by atoms with van der Waals surface area (Å²) in [7, 11) is 0. The Balaban J connectivity index is 2.26. The molecule has 0 aliphatic carbocycles. The number of ether oxygens (including phenoxy) is 1. The van der Waals surface area contributed by atoms with Crippen LogP contribution in [-0.4, -0.2) is 39.5 Å². The van der Waals surface area contributed by atoms with Gasteiger partial charge >= 0.3 is 0 Å². The molecule has 9 heteroatoms. The van der Waals surface area contributed by atoms with Crippen molar-refractivity contribution in [3.05, 3.63) is 69.3 Å². The van der Waals surface area contributed by atoms with Crippen molar-refractivity contribution in [1.82, 2.24) is 15.2 Å². The Bertz CT molecular complexity index is 1190. The minimum absolute atomic E-state index is 0.244. The number of aliphatic hydroxyl groups is 1. The van der Waals surface area contributed by atoms with E-state index >= 15 is 0 Å². The van der Waals surface area contributed by atoms with E-state index in [1.165, 1.54) is 4.90 Å². The zero-order valence-corrected chi connectivity index (χ0v) is 21.9. The van der Waals surface area contributed by atoms with E-state index in [1.54, 1.807) is 37.3 Å². The van der Waals surface area contributed by atoms with Gasteiger partial charge < -0.3 is 25.0 Å². The summed E-state index contributed by atoms with van der Waals surface area (Å²) in [6, 6.07) is 10.7. The molecule has 3 aromatic rings. The van der Waals surface area contributed by atoms with E-state index in [0.29, 0.717) is 32.9 Å². The molecule has 0 saturated heterocycles. The van der Waals surface area contributed by atoms with Crippen molar-refractivity contribution < 1.29 is 19.4 Å². The van der Waals surface area contributed by atoms with Gasteiger partial charge in [-0.3, -0.25) is 9.59 Å². The number of aromatic amines is 1. The van der Waals surface area contributed by atoms with Crippen LogP contribution in [0.3, 0.4) is 0 Å². The highest BCUT2D eigenvalue weighted by Gasteiger charge is 2.37. The number of H-pyrrole nitrogens is 1. The highest BCUT2D eigenvalue weighted by Crippen LogP contribution is 2.39. The lowest BCUT2D eigenvalue weighted by molar-refractivity contribution is -0.136. The fourth-order valence-electron chi connectivity index (χ4n) is 4.09. The topological polar surface area (TPSA) is 94.7 Å². The van der Waals surface area contributed by atoms with Gasteiger partial charge in [-0.25, -0.2) is 0 Å². The zero-order chi connectivity index (χ0) is 25.9. The quantitative estimate of drug-likeness (QED) is 0.250. The molecule has 1 heterocycles. The van der Waals surface area contributed by atoms with Crippen molar-refractivity contribution in [2.75, 3.05) is 6.61 Å². The predicted molar refractivity (Wildman–Crippen MR) is 138 cm³/mol. The van der Waals surface area contributed by atoms with Crippen molar-refractivity contribution in [2.45, 2.75) is 58.5 Å². The number of nitrogens with one attached hydrogen (secondary N) is 2. The van der Waals surface area contributed by atoms with Gasteiger partial charge in [-0.2, -0.15) is 0 Å². The maximum absolute atomic E-state index is 13.8. The molecule has 0 radical (unpaired) electrons. The first-order valence-corrected chi connectivity index (χ1v) is 12.1. The number of aliphatic hydroxyl groups excluding tert-OH is 1. The van der Waals surface area contributed by atoms with E-state index < -0.39 is 29.8 Å². The van der Waals surface area contributed by atoms with E-state index in [1.807, 2.05) is 39.8 Å². The van der Waals surface area contributed by atoms with Gasteiger partial charge in [-0.05, 0) is 64.4 Å². The van der Waals surface area contributed by atoms with E-state index in [2.05, 4.69) is 10.3 Å². The van der Waals surface area contributed by atoms with Gasteiger partial charge in [0.05, 0.1) is 11.7 Å². The van der Waals surface area contributed by atoms with Crippen LogP contribution in [-0.2, 0) is 14.3 Å². The lowest BCUT2D eigenvalue weighted by atomic mass is 9.96. The minimum Gasteiger partial charge on any atom is -0.363 e. The normalized spacial score (nSPS) is 14.4.